The molecule has 0 N–H and O–H groups in total. The Bertz CT molecular complexity index is 341. The molecule has 1 aromatic rings. The van der Waals surface area contributed by atoms with Crippen LogP contribution in [0.5, 0.6) is 0 Å². The summed E-state index contributed by atoms with van der Waals surface area (Å²) in [4.78, 5) is 1.43. The lowest BCUT2D eigenvalue weighted by Gasteiger charge is -2.32. The quantitative estimate of drug-likeness (QED) is 0.478. The van der Waals surface area contributed by atoms with Crippen LogP contribution in [0.4, 0.5) is 0 Å². The Labute approximate surface area is 122 Å². The van der Waals surface area contributed by atoms with E-state index in [0.29, 0.717) is 5.41 Å². The van der Waals surface area contributed by atoms with E-state index >= 15 is 0 Å². The van der Waals surface area contributed by atoms with Crippen LogP contribution < -0.4 is 0 Å². The van der Waals surface area contributed by atoms with E-state index in [4.69, 9.17) is 0 Å². The second-order valence-electron chi connectivity index (χ2n) is 5.21. The molecule has 0 aromatic heterocycles. The van der Waals surface area contributed by atoms with Gasteiger partial charge in [-0.3, -0.25) is 0 Å². The first-order valence-electron chi connectivity index (χ1n) is 6.96. The smallest absolute Gasteiger partial charge is 0.0101 e. The Morgan fingerprint density at radius 2 is 1.72 bits per heavy atom. The summed E-state index contributed by atoms with van der Waals surface area (Å²) in [6.07, 6.45) is 5.11. The normalized spacial score (nSPS) is 11.8. The lowest BCUT2D eigenvalue weighted by molar-refractivity contribution is 0.318. The molecule has 18 heavy (non-hydrogen) atoms. The van der Waals surface area contributed by atoms with Gasteiger partial charge in [-0.25, -0.2) is 0 Å². The Hall–Kier alpha value is -0.0800. The topological polar surface area (TPSA) is 0 Å². The van der Waals surface area contributed by atoms with Gasteiger partial charge in [0.05, 0.1) is 0 Å². The van der Waals surface area contributed by atoms with Crippen molar-refractivity contribution < 1.29 is 0 Å². The van der Waals surface area contributed by atoms with Crippen molar-refractivity contribution in [3.8, 4) is 0 Å². The fourth-order valence-corrected chi connectivity index (χ4v) is 4.39. The van der Waals surface area contributed by atoms with Crippen LogP contribution in [-0.4, -0.2) is 11.5 Å². The van der Waals surface area contributed by atoms with E-state index in [1.54, 1.807) is 0 Å². The van der Waals surface area contributed by atoms with Gasteiger partial charge < -0.3 is 0 Å². The van der Waals surface area contributed by atoms with E-state index in [1.165, 1.54) is 41.9 Å². The van der Waals surface area contributed by atoms with Crippen molar-refractivity contribution in [2.75, 3.05) is 11.5 Å². The van der Waals surface area contributed by atoms with Gasteiger partial charge in [0.1, 0.15) is 0 Å². The minimum absolute atomic E-state index is 0.416. The standard InChI is InChI=1S/C16H26S2/c1-4-10-16(12-17,11-5-2)13-18-15-9-7-6-8-14(15)3/h6-9,17H,4-5,10-13H2,1-3H3. The summed E-state index contributed by atoms with van der Waals surface area (Å²) in [7, 11) is 0. The number of hydrogen-bond acceptors (Lipinski definition) is 2. The van der Waals surface area contributed by atoms with Gasteiger partial charge in [-0.1, -0.05) is 44.9 Å². The maximum absolute atomic E-state index is 4.63. The van der Waals surface area contributed by atoms with Gasteiger partial charge in [0.15, 0.2) is 0 Å². The van der Waals surface area contributed by atoms with Crippen LogP contribution in [-0.2, 0) is 0 Å². The van der Waals surface area contributed by atoms with E-state index in [-0.39, 0.29) is 0 Å². The molecule has 1 aromatic carbocycles. The molecule has 0 aliphatic carbocycles. The van der Waals surface area contributed by atoms with Crippen LogP contribution >= 0.6 is 24.4 Å². The largest absolute Gasteiger partial charge is 0.179 e. The number of thioether (sulfide) groups is 1. The molecule has 0 aliphatic rings. The number of rotatable bonds is 8. The molecule has 102 valence electrons. The van der Waals surface area contributed by atoms with Crippen LogP contribution in [0.2, 0.25) is 0 Å². The number of thiol groups is 1. The molecule has 0 nitrogen and oxygen atoms in total. The van der Waals surface area contributed by atoms with Crippen molar-refractivity contribution in [2.24, 2.45) is 5.41 Å². The molecule has 0 saturated carbocycles. The summed E-state index contributed by atoms with van der Waals surface area (Å²) >= 11 is 6.64. The second kappa shape index (κ2) is 8.16. The van der Waals surface area contributed by atoms with Crippen LogP contribution in [0.25, 0.3) is 0 Å². The van der Waals surface area contributed by atoms with Crippen molar-refractivity contribution in [1.82, 2.24) is 0 Å². The van der Waals surface area contributed by atoms with Gasteiger partial charge in [-0.2, -0.15) is 12.6 Å². The monoisotopic (exact) mass is 282 g/mol. The van der Waals surface area contributed by atoms with Crippen LogP contribution in [0.15, 0.2) is 29.2 Å². The molecule has 0 radical (unpaired) electrons. The third kappa shape index (κ3) is 4.55. The number of hydrogen-bond donors (Lipinski definition) is 1. The first-order valence-corrected chi connectivity index (χ1v) is 8.58. The predicted molar refractivity (Wildman–Crippen MR) is 88.0 cm³/mol. The van der Waals surface area contributed by atoms with Crippen molar-refractivity contribution in [2.45, 2.75) is 51.3 Å². The van der Waals surface area contributed by atoms with E-state index < -0.39 is 0 Å². The molecule has 0 saturated heterocycles. The van der Waals surface area contributed by atoms with Gasteiger partial charge in [0, 0.05) is 10.6 Å². The predicted octanol–water partition coefficient (Wildman–Crippen LogP) is 5.60. The molecule has 0 amide bonds. The van der Waals surface area contributed by atoms with Crippen molar-refractivity contribution in [3.05, 3.63) is 29.8 Å². The highest BCUT2D eigenvalue weighted by Crippen LogP contribution is 2.38. The SMILES string of the molecule is CCCC(CS)(CCC)CSc1ccccc1C. The summed E-state index contributed by atoms with van der Waals surface area (Å²) in [6.45, 7) is 6.77. The third-order valence-electron chi connectivity index (χ3n) is 3.52. The van der Waals surface area contributed by atoms with E-state index in [2.05, 4.69) is 57.7 Å². The number of benzene rings is 1. The van der Waals surface area contributed by atoms with Gasteiger partial charge in [0.2, 0.25) is 0 Å². The molecule has 0 aliphatic heterocycles. The van der Waals surface area contributed by atoms with E-state index in [0.717, 1.165) is 5.75 Å². The summed E-state index contributed by atoms with van der Waals surface area (Å²) in [5.41, 5.74) is 1.81. The second-order valence-corrected chi connectivity index (χ2v) is 6.55. The maximum Gasteiger partial charge on any atom is 0.0101 e. The molecule has 0 fully saturated rings. The average Bonchev–Trinajstić information content (AvgIpc) is 2.38. The summed E-state index contributed by atoms with van der Waals surface area (Å²) in [5, 5.41) is 0. The molecular weight excluding hydrogens is 256 g/mol. The fraction of sp³-hybridized carbons (Fsp3) is 0.625. The highest BCUT2D eigenvalue weighted by molar-refractivity contribution is 7.99. The molecule has 0 unspecified atom stereocenters. The first kappa shape index (κ1) is 16.0. The van der Waals surface area contributed by atoms with Gasteiger partial charge in [0.25, 0.3) is 0 Å². The molecule has 0 atom stereocenters. The number of aryl methyl sites for hydroxylation is 1. The summed E-state index contributed by atoms with van der Waals surface area (Å²) < 4.78 is 0. The van der Waals surface area contributed by atoms with Gasteiger partial charge in [-0.15, -0.1) is 11.8 Å². The Morgan fingerprint density at radius 3 is 2.22 bits per heavy atom. The Balaban J connectivity index is 2.69. The summed E-state index contributed by atoms with van der Waals surface area (Å²) in [6, 6.07) is 8.69. The lowest BCUT2D eigenvalue weighted by Crippen LogP contribution is -2.26. The highest BCUT2D eigenvalue weighted by atomic mass is 32.2. The zero-order chi connectivity index (χ0) is 13.4. The van der Waals surface area contributed by atoms with Gasteiger partial charge in [-0.05, 0) is 42.6 Å². The molecule has 0 heterocycles. The third-order valence-corrected chi connectivity index (χ3v) is 5.72. The van der Waals surface area contributed by atoms with E-state index in [1.807, 2.05) is 11.8 Å². The molecule has 2 heteroatoms. The Morgan fingerprint density at radius 1 is 1.11 bits per heavy atom. The van der Waals surface area contributed by atoms with E-state index in [9.17, 15) is 0 Å². The fourth-order valence-electron chi connectivity index (χ4n) is 2.48. The minimum atomic E-state index is 0.416. The lowest BCUT2D eigenvalue weighted by atomic mass is 9.83. The van der Waals surface area contributed by atoms with Crippen LogP contribution in [0.3, 0.4) is 0 Å². The van der Waals surface area contributed by atoms with Crippen molar-refractivity contribution >= 4 is 24.4 Å². The highest BCUT2D eigenvalue weighted by Gasteiger charge is 2.27. The van der Waals surface area contributed by atoms with Crippen LogP contribution in [0, 0.1) is 12.3 Å². The first-order chi connectivity index (χ1) is 8.67. The summed E-state index contributed by atoms with van der Waals surface area (Å²) in [5.74, 6) is 2.20. The van der Waals surface area contributed by atoms with Crippen molar-refractivity contribution in [1.29, 1.82) is 0 Å². The molecule has 0 bridgehead atoms. The zero-order valence-corrected chi connectivity index (χ0v) is 13.6. The zero-order valence-electron chi connectivity index (χ0n) is 11.9. The minimum Gasteiger partial charge on any atom is -0.179 e. The van der Waals surface area contributed by atoms with Crippen molar-refractivity contribution in [3.63, 3.8) is 0 Å². The van der Waals surface area contributed by atoms with Crippen LogP contribution in [0.1, 0.15) is 45.1 Å². The molecular formula is C16H26S2. The molecule has 1 rings (SSSR count). The maximum atomic E-state index is 4.63. The van der Waals surface area contributed by atoms with Gasteiger partial charge >= 0.3 is 0 Å². The Kier molecular flexibility index (Phi) is 7.25. The average molecular weight is 283 g/mol. The molecule has 0 spiro atoms.